The van der Waals surface area contributed by atoms with Gasteiger partial charge in [0, 0.05) is 25.3 Å². The Morgan fingerprint density at radius 3 is 2.42 bits per heavy atom. The summed E-state index contributed by atoms with van der Waals surface area (Å²) in [5.74, 6) is -2.23. The molecule has 0 aliphatic carbocycles. The van der Waals surface area contributed by atoms with Crippen molar-refractivity contribution in [2.45, 2.75) is 96.9 Å². The largest absolute Gasteiger partial charge is 0.394 e. The summed E-state index contributed by atoms with van der Waals surface area (Å²) in [6, 6.07) is 4.40. The number of rotatable bonds is 14. The van der Waals surface area contributed by atoms with E-state index in [-0.39, 0.29) is 36.8 Å². The number of hydrogen-bond acceptors (Lipinski definition) is 5. The highest BCUT2D eigenvalue weighted by molar-refractivity contribution is 6.05. The van der Waals surface area contributed by atoms with Gasteiger partial charge in [0.05, 0.1) is 30.1 Å². The summed E-state index contributed by atoms with van der Waals surface area (Å²) in [6.45, 7) is 20.7. The minimum Gasteiger partial charge on any atom is -0.394 e. The molecule has 1 aromatic carbocycles. The molecular weight excluding hydrogens is 542 g/mol. The van der Waals surface area contributed by atoms with Crippen LogP contribution in [0.25, 0.3) is 0 Å². The molecule has 1 N–H and O–H groups in total. The maximum atomic E-state index is 15.0. The van der Waals surface area contributed by atoms with Crippen molar-refractivity contribution in [1.82, 2.24) is 9.80 Å². The number of likely N-dealkylation sites (tertiary alicyclic amines) is 1. The van der Waals surface area contributed by atoms with Crippen molar-refractivity contribution in [2.24, 2.45) is 17.8 Å². The highest BCUT2D eigenvalue weighted by atomic mass is 16.5. The van der Waals surface area contributed by atoms with Gasteiger partial charge in [-0.15, -0.1) is 13.2 Å². The van der Waals surface area contributed by atoms with Crippen molar-refractivity contribution < 1.29 is 24.2 Å². The van der Waals surface area contributed by atoms with E-state index in [4.69, 9.17) is 4.74 Å². The number of hydrogen-bond donors (Lipinski definition) is 1. The number of carbonyl (C=O) groups is 3. The molecule has 2 unspecified atom stereocenters. The fourth-order valence-corrected chi connectivity index (χ4v) is 7.99. The molecule has 3 aliphatic heterocycles. The van der Waals surface area contributed by atoms with Crippen molar-refractivity contribution in [3.63, 3.8) is 0 Å². The van der Waals surface area contributed by atoms with E-state index in [9.17, 15) is 14.7 Å². The third-order valence-electron chi connectivity index (χ3n) is 10.4. The molecule has 3 fully saturated rings. The van der Waals surface area contributed by atoms with E-state index >= 15 is 4.79 Å². The summed E-state index contributed by atoms with van der Waals surface area (Å²) < 4.78 is 7.03. The van der Waals surface area contributed by atoms with Gasteiger partial charge in [-0.1, -0.05) is 58.4 Å². The highest BCUT2D eigenvalue weighted by Gasteiger charge is 2.79. The molecule has 4 rings (SSSR count). The van der Waals surface area contributed by atoms with Crippen LogP contribution in [0.4, 0.5) is 5.69 Å². The molecular formula is C35H51N3O5. The van der Waals surface area contributed by atoms with Crippen LogP contribution >= 0.6 is 0 Å². The van der Waals surface area contributed by atoms with Gasteiger partial charge in [0.2, 0.25) is 11.8 Å². The van der Waals surface area contributed by atoms with Crippen LogP contribution in [0.3, 0.4) is 0 Å². The molecule has 43 heavy (non-hydrogen) atoms. The number of aliphatic hydroxyl groups excluding tert-OH is 1. The quantitative estimate of drug-likeness (QED) is 0.313. The summed E-state index contributed by atoms with van der Waals surface area (Å²) in [5, 5.41) is 10.7. The van der Waals surface area contributed by atoms with Gasteiger partial charge in [0.25, 0.3) is 5.91 Å². The van der Waals surface area contributed by atoms with Gasteiger partial charge in [-0.05, 0) is 62.6 Å². The Hall–Kier alpha value is -2.97. The van der Waals surface area contributed by atoms with Crippen LogP contribution in [0, 0.1) is 31.6 Å². The summed E-state index contributed by atoms with van der Waals surface area (Å²) in [4.78, 5) is 49.3. The number of carbonyl (C=O) groups excluding carboxylic acids is 3. The minimum absolute atomic E-state index is 0.0723. The van der Waals surface area contributed by atoms with Crippen LogP contribution < -0.4 is 4.90 Å². The predicted octanol–water partition coefficient (Wildman–Crippen LogP) is 4.81. The first kappa shape index (κ1) is 32.9. The Morgan fingerprint density at radius 2 is 1.84 bits per heavy atom. The van der Waals surface area contributed by atoms with Crippen molar-refractivity contribution in [3.8, 4) is 0 Å². The average Bonchev–Trinajstić information content (AvgIpc) is 3.60. The van der Waals surface area contributed by atoms with Crippen molar-refractivity contribution in [2.75, 3.05) is 31.1 Å². The van der Waals surface area contributed by atoms with Crippen LogP contribution in [0.2, 0.25) is 0 Å². The second-order valence-electron chi connectivity index (χ2n) is 12.8. The molecule has 1 aromatic rings. The van der Waals surface area contributed by atoms with E-state index < -0.39 is 35.1 Å². The lowest BCUT2D eigenvalue weighted by Gasteiger charge is -2.41. The third kappa shape index (κ3) is 5.24. The summed E-state index contributed by atoms with van der Waals surface area (Å²) in [7, 11) is 0. The number of fused-ring (bicyclic) bond motifs is 1. The number of aliphatic hydroxyl groups is 1. The summed E-state index contributed by atoms with van der Waals surface area (Å²) in [5.41, 5.74) is 0.696. The summed E-state index contributed by atoms with van der Waals surface area (Å²) in [6.07, 6.45) is 6.55. The Bertz CT molecular complexity index is 1250. The van der Waals surface area contributed by atoms with E-state index in [1.807, 2.05) is 59.7 Å². The second kappa shape index (κ2) is 12.9. The average molecular weight is 594 g/mol. The van der Waals surface area contributed by atoms with Crippen LogP contribution in [0.1, 0.15) is 70.9 Å². The molecule has 3 saturated heterocycles. The fourth-order valence-electron chi connectivity index (χ4n) is 7.99. The van der Waals surface area contributed by atoms with Gasteiger partial charge in [-0.2, -0.15) is 0 Å². The zero-order valence-corrected chi connectivity index (χ0v) is 27.0. The van der Waals surface area contributed by atoms with Gasteiger partial charge in [-0.3, -0.25) is 14.4 Å². The maximum absolute atomic E-state index is 15.0. The Balaban J connectivity index is 1.92. The third-order valence-corrected chi connectivity index (χ3v) is 10.4. The minimum atomic E-state index is -1.17. The molecule has 0 radical (unpaired) electrons. The first-order valence-electron chi connectivity index (χ1n) is 16.0. The maximum Gasteiger partial charge on any atom is 0.253 e. The lowest BCUT2D eigenvalue weighted by atomic mass is 9.64. The van der Waals surface area contributed by atoms with Crippen molar-refractivity contribution >= 4 is 23.4 Å². The number of ether oxygens (including phenoxy) is 1. The number of amides is 3. The van der Waals surface area contributed by atoms with Crippen LogP contribution in [0.15, 0.2) is 43.5 Å². The molecule has 7 atom stereocenters. The van der Waals surface area contributed by atoms with Gasteiger partial charge in [0.1, 0.15) is 11.6 Å². The molecule has 2 bridgehead atoms. The number of benzene rings is 1. The van der Waals surface area contributed by atoms with Crippen LogP contribution in [-0.4, -0.2) is 82.2 Å². The van der Waals surface area contributed by atoms with Gasteiger partial charge in [0.15, 0.2) is 0 Å². The fraction of sp³-hybridized carbons (Fsp3) is 0.629. The second-order valence-corrected chi connectivity index (χ2v) is 12.8. The summed E-state index contributed by atoms with van der Waals surface area (Å²) >= 11 is 0. The normalized spacial score (nSPS) is 28.9. The lowest BCUT2D eigenvalue weighted by molar-refractivity contribution is -0.154. The van der Waals surface area contributed by atoms with Crippen molar-refractivity contribution in [1.29, 1.82) is 0 Å². The zero-order valence-electron chi connectivity index (χ0n) is 27.0. The first-order valence-corrected chi connectivity index (χ1v) is 16.0. The number of nitrogens with zero attached hydrogens (tertiary/aromatic N) is 3. The zero-order chi connectivity index (χ0) is 31.7. The molecule has 8 heteroatoms. The van der Waals surface area contributed by atoms with Gasteiger partial charge in [-0.25, -0.2) is 0 Å². The topological polar surface area (TPSA) is 90.4 Å². The molecule has 0 aromatic heterocycles. The number of anilines is 1. The smallest absolute Gasteiger partial charge is 0.253 e. The number of aryl methyl sites for hydroxylation is 2. The van der Waals surface area contributed by atoms with E-state index in [1.54, 1.807) is 26.9 Å². The van der Waals surface area contributed by atoms with Gasteiger partial charge < -0.3 is 24.5 Å². The van der Waals surface area contributed by atoms with Crippen molar-refractivity contribution in [3.05, 3.63) is 54.6 Å². The molecule has 3 heterocycles. The van der Waals surface area contributed by atoms with Crippen LogP contribution in [-0.2, 0) is 19.1 Å². The molecule has 3 aliphatic rings. The SMILES string of the molecule is C=CCN(CCC)C(=O)[C@@H]1[C@H]2C(=O)N([C@@H](CO)[C@@H](C)CC)C(C(=O)N(CC=C)c3cc(C)ccc3C)C23CC[C@@]1(CC)O3. The monoisotopic (exact) mass is 593 g/mol. The van der Waals surface area contributed by atoms with Crippen LogP contribution in [0.5, 0.6) is 0 Å². The van der Waals surface area contributed by atoms with E-state index in [0.29, 0.717) is 38.8 Å². The Kier molecular flexibility index (Phi) is 9.92. The van der Waals surface area contributed by atoms with E-state index in [0.717, 1.165) is 23.2 Å². The van der Waals surface area contributed by atoms with E-state index in [2.05, 4.69) is 13.2 Å². The highest BCUT2D eigenvalue weighted by Crippen LogP contribution is 2.65. The van der Waals surface area contributed by atoms with Gasteiger partial charge >= 0.3 is 0 Å². The molecule has 236 valence electrons. The molecule has 0 saturated carbocycles. The standard InChI is InChI=1S/C35H51N3O5/c1-9-18-36(19-10-2)31(40)28-29-32(41)38(27(22-39)24(7)12-4)30(35(29)17-16-34(28,13-5)43-35)33(42)37(20-11-3)26-21-23(6)14-15-25(26)8/h9,11,14-15,21,24,27-30,39H,1,3,10,12-13,16-20,22H2,2,4-8H3/t24-,27-,28-,29-,30?,34+,35?/m0/s1. The molecule has 8 nitrogen and oxygen atoms in total. The molecule has 1 spiro atoms. The van der Waals surface area contributed by atoms with E-state index in [1.165, 1.54) is 0 Å². The lowest BCUT2D eigenvalue weighted by Crippen LogP contribution is -2.60. The molecule has 3 amide bonds. The first-order chi connectivity index (χ1) is 20.5. The predicted molar refractivity (Wildman–Crippen MR) is 170 cm³/mol. The Labute approximate surface area is 257 Å². The Morgan fingerprint density at radius 1 is 1.14 bits per heavy atom.